The van der Waals surface area contributed by atoms with Gasteiger partial charge in [-0.1, -0.05) is 31.4 Å². The molecular formula is C17H19NO3S. The molecule has 0 aliphatic heterocycles. The molecule has 4 nitrogen and oxygen atoms in total. The topological polar surface area (TPSA) is 59.4 Å². The van der Waals surface area contributed by atoms with Gasteiger partial charge in [0.2, 0.25) is 0 Å². The van der Waals surface area contributed by atoms with Crippen molar-refractivity contribution in [1.29, 1.82) is 0 Å². The number of methoxy groups -OCH3 is 1. The molecule has 1 fully saturated rings. The van der Waals surface area contributed by atoms with E-state index in [1.807, 2.05) is 24.3 Å². The number of ether oxygens (including phenoxy) is 1. The number of hydrogen-bond donors (Lipinski definition) is 1. The molecule has 116 valence electrons. The lowest BCUT2D eigenvalue weighted by Crippen LogP contribution is -2.09. The summed E-state index contributed by atoms with van der Waals surface area (Å²) in [6, 6.07) is 7.61. The molecule has 0 unspecified atom stereocenters. The van der Waals surface area contributed by atoms with Crippen LogP contribution in [0.3, 0.4) is 0 Å². The van der Waals surface area contributed by atoms with Gasteiger partial charge in [0, 0.05) is 11.5 Å². The van der Waals surface area contributed by atoms with Crippen molar-refractivity contribution in [1.82, 2.24) is 4.98 Å². The third-order valence-corrected chi connectivity index (χ3v) is 5.26. The van der Waals surface area contributed by atoms with E-state index in [0.29, 0.717) is 4.88 Å². The second-order valence-electron chi connectivity index (χ2n) is 5.61. The average Bonchev–Trinajstić information content (AvgIpc) is 3.01. The van der Waals surface area contributed by atoms with Gasteiger partial charge in [-0.2, -0.15) is 0 Å². The van der Waals surface area contributed by atoms with Crippen LogP contribution in [0.2, 0.25) is 0 Å². The Kier molecular flexibility index (Phi) is 4.43. The second kappa shape index (κ2) is 6.48. The van der Waals surface area contributed by atoms with Gasteiger partial charge >= 0.3 is 5.97 Å². The molecule has 1 aromatic carbocycles. The number of benzene rings is 1. The van der Waals surface area contributed by atoms with Crippen molar-refractivity contribution in [2.24, 2.45) is 0 Å². The highest BCUT2D eigenvalue weighted by molar-refractivity contribution is 7.17. The SMILES string of the molecule is COc1cccc(-c2nc(C3CCCCC3)c(C(=O)O)s2)c1. The van der Waals surface area contributed by atoms with E-state index in [9.17, 15) is 9.90 Å². The maximum Gasteiger partial charge on any atom is 0.347 e. The Hall–Kier alpha value is -1.88. The molecule has 1 heterocycles. The fourth-order valence-corrected chi connectivity index (χ4v) is 4.00. The maximum atomic E-state index is 11.6. The fourth-order valence-electron chi connectivity index (χ4n) is 3.02. The van der Waals surface area contributed by atoms with Crippen LogP contribution in [-0.2, 0) is 0 Å². The number of carboxylic acid groups (broad SMARTS) is 1. The first-order valence-corrected chi connectivity index (χ1v) is 8.39. The molecule has 0 spiro atoms. The van der Waals surface area contributed by atoms with Crippen LogP contribution in [0.1, 0.15) is 53.4 Å². The second-order valence-corrected chi connectivity index (χ2v) is 6.60. The number of carboxylic acids is 1. The van der Waals surface area contributed by atoms with Crippen LogP contribution in [0.4, 0.5) is 0 Å². The van der Waals surface area contributed by atoms with Crippen molar-refractivity contribution >= 4 is 17.3 Å². The molecule has 1 aliphatic rings. The Balaban J connectivity index is 2.00. The van der Waals surface area contributed by atoms with E-state index in [0.717, 1.165) is 47.7 Å². The molecule has 1 aromatic heterocycles. The molecule has 0 bridgehead atoms. The Morgan fingerprint density at radius 1 is 1.32 bits per heavy atom. The predicted octanol–water partition coefficient (Wildman–Crippen LogP) is 4.56. The summed E-state index contributed by atoms with van der Waals surface area (Å²) in [6.45, 7) is 0. The van der Waals surface area contributed by atoms with E-state index in [2.05, 4.69) is 4.98 Å². The van der Waals surface area contributed by atoms with Gasteiger partial charge in [0.05, 0.1) is 12.8 Å². The van der Waals surface area contributed by atoms with Gasteiger partial charge in [0.1, 0.15) is 15.6 Å². The summed E-state index contributed by atoms with van der Waals surface area (Å²) in [7, 11) is 1.62. The highest BCUT2D eigenvalue weighted by atomic mass is 32.1. The van der Waals surface area contributed by atoms with Gasteiger partial charge in [-0.05, 0) is 25.0 Å². The molecule has 0 amide bonds. The van der Waals surface area contributed by atoms with Crippen molar-refractivity contribution in [3.05, 3.63) is 34.8 Å². The van der Waals surface area contributed by atoms with Crippen molar-refractivity contribution < 1.29 is 14.6 Å². The number of aromatic nitrogens is 1. The highest BCUT2D eigenvalue weighted by Gasteiger charge is 2.26. The summed E-state index contributed by atoms with van der Waals surface area (Å²) in [4.78, 5) is 16.7. The third-order valence-electron chi connectivity index (χ3n) is 4.16. The van der Waals surface area contributed by atoms with E-state index in [-0.39, 0.29) is 5.92 Å². The average molecular weight is 317 g/mol. The molecule has 5 heteroatoms. The number of carbonyl (C=O) groups is 1. The zero-order valence-corrected chi connectivity index (χ0v) is 13.4. The monoisotopic (exact) mass is 317 g/mol. The predicted molar refractivity (Wildman–Crippen MR) is 86.9 cm³/mol. The van der Waals surface area contributed by atoms with Crippen LogP contribution in [0.25, 0.3) is 10.6 Å². The quantitative estimate of drug-likeness (QED) is 0.897. The Morgan fingerprint density at radius 3 is 2.77 bits per heavy atom. The minimum Gasteiger partial charge on any atom is -0.497 e. The lowest BCUT2D eigenvalue weighted by Gasteiger charge is -2.20. The standard InChI is InChI=1S/C17H19NO3S/c1-21-13-9-5-8-12(10-13)16-18-14(15(22-16)17(19)20)11-6-3-2-4-7-11/h5,8-11H,2-4,6-7H2,1H3,(H,19,20). The summed E-state index contributed by atoms with van der Waals surface area (Å²) >= 11 is 1.27. The molecule has 2 aromatic rings. The van der Waals surface area contributed by atoms with Gasteiger partial charge in [-0.25, -0.2) is 9.78 Å². The van der Waals surface area contributed by atoms with E-state index < -0.39 is 5.97 Å². The first-order chi connectivity index (χ1) is 10.7. The summed E-state index contributed by atoms with van der Waals surface area (Å²) in [6.07, 6.45) is 5.65. The molecule has 0 saturated heterocycles. The molecule has 1 N–H and O–H groups in total. The van der Waals surface area contributed by atoms with Crippen molar-refractivity contribution in [2.45, 2.75) is 38.0 Å². The molecule has 1 saturated carbocycles. The minimum atomic E-state index is -0.868. The van der Waals surface area contributed by atoms with Crippen LogP contribution >= 0.6 is 11.3 Å². The third kappa shape index (κ3) is 2.99. The van der Waals surface area contributed by atoms with E-state index >= 15 is 0 Å². The number of aromatic carboxylic acids is 1. The van der Waals surface area contributed by atoms with Gasteiger partial charge < -0.3 is 9.84 Å². The van der Waals surface area contributed by atoms with Crippen LogP contribution in [0, 0.1) is 0 Å². The summed E-state index contributed by atoms with van der Waals surface area (Å²) in [5.74, 6) is 0.173. The lowest BCUT2D eigenvalue weighted by molar-refractivity contribution is 0.0700. The Bertz CT molecular complexity index is 674. The van der Waals surface area contributed by atoms with Crippen molar-refractivity contribution in [3.8, 4) is 16.3 Å². The fraction of sp³-hybridized carbons (Fsp3) is 0.412. The van der Waals surface area contributed by atoms with Crippen LogP contribution in [-0.4, -0.2) is 23.2 Å². The van der Waals surface area contributed by atoms with E-state index in [4.69, 9.17) is 4.74 Å². The molecule has 0 atom stereocenters. The maximum absolute atomic E-state index is 11.6. The van der Waals surface area contributed by atoms with Crippen molar-refractivity contribution in [3.63, 3.8) is 0 Å². The summed E-state index contributed by atoms with van der Waals surface area (Å²) in [5, 5.41) is 10.3. The summed E-state index contributed by atoms with van der Waals surface area (Å²) < 4.78 is 5.24. The minimum absolute atomic E-state index is 0.287. The first-order valence-electron chi connectivity index (χ1n) is 7.57. The summed E-state index contributed by atoms with van der Waals surface area (Å²) in [5.41, 5.74) is 1.68. The zero-order chi connectivity index (χ0) is 15.5. The van der Waals surface area contributed by atoms with Gasteiger partial charge in [-0.3, -0.25) is 0 Å². The first kappa shape index (κ1) is 15.0. The Labute approximate surface area is 133 Å². The van der Waals surface area contributed by atoms with Gasteiger partial charge in [0.25, 0.3) is 0 Å². The zero-order valence-electron chi connectivity index (χ0n) is 12.5. The number of nitrogens with zero attached hydrogens (tertiary/aromatic N) is 1. The Morgan fingerprint density at radius 2 is 2.09 bits per heavy atom. The van der Waals surface area contributed by atoms with E-state index in [1.54, 1.807) is 7.11 Å². The largest absolute Gasteiger partial charge is 0.497 e. The van der Waals surface area contributed by atoms with E-state index in [1.165, 1.54) is 17.8 Å². The van der Waals surface area contributed by atoms with Gasteiger partial charge in [0.15, 0.2) is 0 Å². The molecular weight excluding hydrogens is 298 g/mol. The van der Waals surface area contributed by atoms with Gasteiger partial charge in [-0.15, -0.1) is 11.3 Å². The molecule has 0 radical (unpaired) electrons. The lowest BCUT2D eigenvalue weighted by atomic mass is 9.86. The molecule has 1 aliphatic carbocycles. The normalized spacial score (nSPS) is 15.7. The van der Waals surface area contributed by atoms with Crippen LogP contribution < -0.4 is 4.74 Å². The van der Waals surface area contributed by atoms with Crippen LogP contribution in [0.15, 0.2) is 24.3 Å². The smallest absolute Gasteiger partial charge is 0.347 e. The van der Waals surface area contributed by atoms with Crippen LogP contribution in [0.5, 0.6) is 5.75 Å². The molecule has 22 heavy (non-hydrogen) atoms. The number of thiazole rings is 1. The molecule has 3 rings (SSSR count). The highest BCUT2D eigenvalue weighted by Crippen LogP contribution is 2.39. The number of rotatable bonds is 4. The van der Waals surface area contributed by atoms with Crippen molar-refractivity contribution in [2.75, 3.05) is 7.11 Å². The number of hydrogen-bond acceptors (Lipinski definition) is 4.